The van der Waals surface area contributed by atoms with E-state index in [0.717, 1.165) is 0 Å². The second-order valence-electron chi connectivity index (χ2n) is 4.48. The molecule has 0 bridgehead atoms. The molecule has 0 aliphatic rings. The zero-order chi connectivity index (χ0) is 16.1. The largest absolute Gasteiger partial charge is 0.487 e. The molecular weight excluding hydrogens is 349 g/mol. The Bertz CT molecular complexity index is 671. The lowest BCUT2D eigenvalue weighted by atomic mass is 10.2. The fraction of sp³-hybridized carbons (Fsp3) is 0.200. The van der Waals surface area contributed by atoms with Crippen LogP contribution in [0.25, 0.3) is 0 Å². The number of carbonyl (C=O) groups is 1. The summed E-state index contributed by atoms with van der Waals surface area (Å²) in [7, 11) is 0. The lowest BCUT2D eigenvalue weighted by Crippen LogP contribution is -2.01. The number of carboxylic acid groups (broad SMARTS) is 1. The van der Waals surface area contributed by atoms with E-state index in [1.807, 2.05) is 0 Å². The van der Waals surface area contributed by atoms with Crippen LogP contribution < -0.4 is 4.74 Å². The van der Waals surface area contributed by atoms with Gasteiger partial charge in [0.15, 0.2) is 0 Å². The third-order valence-electron chi connectivity index (χ3n) is 2.91. The zero-order valence-corrected chi connectivity index (χ0v) is 13.6. The minimum absolute atomic E-state index is 0.0256. The minimum atomic E-state index is -0.897. The highest BCUT2D eigenvalue weighted by atomic mass is 35.5. The summed E-state index contributed by atoms with van der Waals surface area (Å²) < 4.78 is 5.58. The molecular formula is C15H12Cl3NO3. The van der Waals surface area contributed by atoms with Crippen molar-refractivity contribution in [2.75, 3.05) is 0 Å². The summed E-state index contributed by atoms with van der Waals surface area (Å²) >= 11 is 18.2. The first kappa shape index (κ1) is 16.9. The maximum Gasteiger partial charge on any atom is 0.303 e. The molecule has 0 amide bonds. The lowest BCUT2D eigenvalue weighted by Gasteiger charge is -2.10. The van der Waals surface area contributed by atoms with Gasteiger partial charge in [-0.3, -0.25) is 9.78 Å². The predicted octanol–water partition coefficient (Wildman–Crippen LogP) is 4.64. The number of aryl methyl sites for hydroxylation is 1. The molecule has 22 heavy (non-hydrogen) atoms. The maximum atomic E-state index is 10.6. The molecule has 1 aromatic carbocycles. The van der Waals surface area contributed by atoms with Gasteiger partial charge in [0.1, 0.15) is 12.4 Å². The van der Waals surface area contributed by atoms with Gasteiger partial charge >= 0.3 is 5.97 Å². The Labute approximate surface area is 142 Å². The number of aliphatic carboxylic acids is 1. The standard InChI is InChI=1S/C15H12Cl3NO3/c16-11-2-1-3-12(17)10(11)8-22-9-6-13(18)14(19-7-9)4-5-15(20)21/h1-3,6-7H,4-5,8H2,(H,20,21). The van der Waals surface area contributed by atoms with Crippen molar-refractivity contribution >= 4 is 40.8 Å². The number of hydrogen-bond acceptors (Lipinski definition) is 3. The molecule has 2 aromatic rings. The summed E-state index contributed by atoms with van der Waals surface area (Å²) in [5.41, 5.74) is 1.20. The topological polar surface area (TPSA) is 59.4 Å². The van der Waals surface area contributed by atoms with E-state index in [-0.39, 0.29) is 19.4 Å². The predicted molar refractivity (Wildman–Crippen MR) is 86.0 cm³/mol. The molecule has 1 heterocycles. The van der Waals surface area contributed by atoms with E-state index in [0.29, 0.717) is 32.1 Å². The highest BCUT2D eigenvalue weighted by Gasteiger charge is 2.09. The quantitative estimate of drug-likeness (QED) is 0.815. The number of rotatable bonds is 6. The van der Waals surface area contributed by atoms with Crippen molar-refractivity contribution in [2.24, 2.45) is 0 Å². The normalized spacial score (nSPS) is 10.5. The summed E-state index contributed by atoms with van der Waals surface area (Å²) in [6.07, 6.45) is 1.74. The Morgan fingerprint density at radius 1 is 1.18 bits per heavy atom. The van der Waals surface area contributed by atoms with Gasteiger partial charge in [-0.15, -0.1) is 0 Å². The molecule has 1 N–H and O–H groups in total. The van der Waals surface area contributed by atoms with Crippen molar-refractivity contribution in [2.45, 2.75) is 19.4 Å². The van der Waals surface area contributed by atoms with Gasteiger partial charge in [-0.2, -0.15) is 0 Å². The van der Waals surface area contributed by atoms with E-state index in [4.69, 9.17) is 44.6 Å². The molecule has 0 atom stereocenters. The Balaban J connectivity index is 2.05. The smallest absolute Gasteiger partial charge is 0.303 e. The van der Waals surface area contributed by atoms with Crippen LogP contribution in [0.15, 0.2) is 30.5 Å². The van der Waals surface area contributed by atoms with Crippen molar-refractivity contribution in [1.82, 2.24) is 4.98 Å². The van der Waals surface area contributed by atoms with E-state index in [1.54, 1.807) is 24.3 Å². The molecule has 4 nitrogen and oxygen atoms in total. The van der Waals surface area contributed by atoms with Crippen LogP contribution >= 0.6 is 34.8 Å². The van der Waals surface area contributed by atoms with Gasteiger partial charge < -0.3 is 9.84 Å². The van der Waals surface area contributed by atoms with E-state index in [1.165, 1.54) is 6.20 Å². The highest BCUT2D eigenvalue weighted by Crippen LogP contribution is 2.27. The SMILES string of the molecule is O=C(O)CCc1ncc(OCc2c(Cl)cccc2Cl)cc1Cl. The lowest BCUT2D eigenvalue weighted by molar-refractivity contribution is -0.136. The molecule has 0 saturated heterocycles. The molecule has 0 aliphatic heterocycles. The Hall–Kier alpha value is -1.49. The van der Waals surface area contributed by atoms with Crippen LogP contribution in [0.5, 0.6) is 5.75 Å². The minimum Gasteiger partial charge on any atom is -0.487 e. The van der Waals surface area contributed by atoms with Crippen molar-refractivity contribution < 1.29 is 14.6 Å². The van der Waals surface area contributed by atoms with Crippen molar-refractivity contribution in [3.8, 4) is 5.75 Å². The average molecular weight is 361 g/mol. The van der Waals surface area contributed by atoms with E-state index in [2.05, 4.69) is 4.98 Å². The van der Waals surface area contributed by atoms with E-state index >= 15 is 0 Å². The molecule has 116 valence electrons. The van der Waals surface area contributed by atoms with Gasteiger partial charge in [0, 0.05) is 28.1 Å². The average Bonchev–Trinajstić information content (AvgIpc) is 2.45. The van der Waals surface area contributed by atoms with Crippen LogP contribution in [0.2, 0.25) is 15.1 Å². The zero-order valence-electron chi connectivity index (χ0n) is 11.4. The first-order valence-electron chi connectivity index (χ1n) is 6.39. The monoisotopic (exact) mass is 359 g/mol. The van der Waals surface area contributed by atoms with Crippen LogP contribution in [0.1, 0.15) is 17.7 Å². The molecule has 0 spiro atoms. The van der Waals surface area contributed by atoms with Crippen molar-refractivity contribution in [3.05, 3.63) is 56.8 Å². The summed E-state index contributed by atoms with van der Waals surface area (Å²) in [6, 6.07) is 6.80. The molecule has 1 aromatic heterocycles. The second-order valence-corrected chi connectivity index (χ2v) is 5.70. The third kappa shape index (κ3) is 4.50. The fourth-order valence-corrected chi connectivity index (χ4v) is 2.52. The van der Waals surface area contributed by atoms with Gasteiger partial charge in [-0.25, -0.2) is 0 Å². The third-order valence-corrected chi connectivity index (χ3v) is 3.95. The van der Waals surface area contributed by atoms with Crippen LogP contribution in [-0.4, -0.2) is 16.1 Å². The molecule has 0 radical (unpaired) electrons. The van der Waals surface area contributed by atoms with E-state index in [9.17, 15) is 4.79 Å². The number of nitrogens with zero attached hydrogens (tertiary/aromatic N) is 1. The van der Waals surface area contributed by atoms with Crippen molar-refractivity contribution in [1.29, 1.82) is 0 Å². The number of halogens is 3. The number of hydrogen-bond donors (Lipinski definition) is 1. The molecule has 7 heteroatoms. The van der Waals surface area contributed by atoms with Crippen LogP contribution in [-0.2, 0) is 17.8 Å². The van der Waals surface area contributed by atoms with Gasteiger partial charge in [0.25, 0.3) is 0 Å². The Morgan fingerprint density at radius 3 is 2.45 bits per heavy atom. The first-order valence-corrected chi connectivity index (χ1v) is 7.52. The van der Waals surface area contributed by atoms with Gasteiger partial charge in [0.05, 0.1) is 23.3 Å². The van der Waals surface area contributed by atoms with Gasteiger partial charge in [-0.05, 0) is 12.1 Å². The van der Waals surface area contributed by atoms with Gasteiger partial charge in [-0.1, -0.05) is 40.9 Å². The number of ether oxygens (including phenoxy) is 1. The molecule has 2 rings (SSSR count). The van der Waals surface area contributed by atoms with Crippen LogP contribution in [0, 0.1) is 0 Å². The summed E-state index contributed by atoms with van der Waals surface area (Å²) in [5, 5.41) is 10.1. The Morgan fingerprint density at radius 2 is 1.86 bits per heavy atom. The summed E-state index contributed by atoms with van der Waals surface area (Å²) in [4.78, 5) is 14.7. The number of aromatic nitrogens is 1. The van der Waals surface area contributed by atoms with Crippen LogP contribution in [0.4, 0.5) is 0 Å². The first-order chi connectivity index (χ1) is 10.5. The van der Waals surface area contributed by atoms with Gasteiger partial charge in [0.2, 0.25) is 0 Å². The van der Waals surface area contributed by atoms with E-state index < -0.39 is 5.97 Å². The molecule has 0 unspecified atom stereocenters. The summed E-state index contributed by atoms with van der Waals surface area (Å²) in [6.45, 7) is 0.186. The molecule has 0 saturated carbocycles. The highest BCUT2D eigenvalue weighted by molar-refractivity contribution is 6.36. The second kappa shape index (κ2) is 7.68. The maximum absolute atomic E-state index is 10.6. The van der Waals surface area contributed by atoms with Crippen molar-refractivity contribution in [3.63, 3.8) is 0 Å². The Kier molecular flexibility index (Phi) is 5.89. The summed E-state index contributed by atoms with van der Waals surface area (Å²) in [5.74, 6) is -0.438. The fourth-order valence-electron chi connectivity index (χ4n) is 1.76. The van der Waals surface area contributed by atoms with Crippen LogP contribution in [0.3, 0.4) is 0 Å². The number of benzene rings is 1. The number of pyridine rings is 1. The number of carboxylic acids is 1. The molecule has 0 aliphatic carbocycles. The molecule has 0 fully saturated rings.